The Morgan fingerprint density at radius 2 is 1.70 bits per heavy atom. The predicted octanol–water partition coefficient (Wildman–Crippen LogP) is 7.69. The lowest BCUT2D eigenvalue weighted by atomic mass is 10.0. The maximum absolute atomic E-state index is 15.5. The Labute approximate surface area is 346 Å². The Kier molecular flexibility index (Phi) is 9.54. The van der Waals surface area contributed by atoms with Crippen LogP contribution in [0.4, 0.5) is 32.2 Å². The number of sulfonamides is 1. The fourth-order valence-corrected chi connectivity index (χ4v) is 9.13. The number of halogens is 7. The second-order valence-electron chi connectivity index (χ2n) is 15.1. The van der Waals surface area contributed by atoms with Gasteiger partial charge in [-0.2, -0.15) is 19.0 Å². The highest BCUT2D eigenvalue weighted by molar-refractivity contribution is 7.92. The summed E-state index contributed by atoms with van der Waals surface area (Å²) >= 11 is 6.62. The maximum atomic E-state index is 15.5. The van der Waals surface area contributed by atoms with E-state index in [1.807, 2.05) is 30.3 Å². The first-order valence-corrected chi connectivity index (χ1v) is 20.9. The van der Waals surface area contributed by atoms with Crippen molar-refractivity contribution in [3.05, 3.63) is 134 Å². The molecule has 0 spiro atoms. The van der Waals surface area contributed by atoms with Gasteiger partial charge in [-0.15, -0.1) is 0 Å². The normalized spacial score (nSPS) is 17.1. The molecule has 12 nitrogen and oxygen atoms in total. The van der Waals surface area contributed by atoms with Crippen molar-refractivity contribution in [1.29, 1.82) is 0 Å². The zero-order valence-electron chi connectivity index (χ0n) is 31.8. The number of rotatable bonds is 11. The smallest absolute Gasteiger partial charge is 0.293 e. The van der Waals surface area contributed by atoms with Crippen LogP contribution in [0.3, 0.4) is 0 Å². The summed E-state index contributed by atoms with van der Waals surface area (Å²) in [5, 5.41) is 10.9. The number of hydrogen-bond acceptors (Lipinski definition) is 7. The highest BCUT2D eigenvalue weighted by atomic mass is 35.5. The minimum Gasteiger partial charge on any atom is -0.344 e. The largest absolute Gasteiger partial charge is 0.344 e. The third-order valence-corrected chi connectivity index (χ3v) is 11.8. The van der Waals surface area contributed by atoms with Crippen LogP contribution < -0.4 is 15.6 Å². The monoisotopic (exact) mass is 880 g/mol. The van der Waals surface area contributed by atoms with E-state index in [2.05, 4.69) is 20.2 Å². The van der Waals surface area contributed by atoms with Crippen molar-refractivity contribution in [3.63, 3.8) is 0 Å². The maximum Gasteiger partial charge on any atom is 0.293 e. The molecule has 20 heteroatoms. The summed E-state index contributed by atoms with van der Waals surface area (Å²) in [6, 6.07) is 17.9. The molecule has 0 bridgehead atoms. The van der Waals surface area contributed by atoms with Gasteiger partial charge in [-0.1, -0.05) is 48.0 Å². The van der Waals surface area contributed by atoms with E-state index < -0.39 is 87.7 Å². The number of nitrogens with one attached hydrogen (secondary N) is 2. The van der Waals surface area contributed by atoms with Crippen molar-refractivity contribution in [1.82, 2.24) is 34.4 Å². The number of aromatic nitrogens is 6. The molecule has 3 atom stereocenters. The van der Waals surface area contributed by atoms with Gasteiger partial charge in [0.15, 0.2) is 5.82 Å². The first-order valence-electron chi connectivity index (χ1n) is 18.7. The lowest BCUT2D eigenvalue weighted by molar-refractivity contribution is -0.123. The highest BCUT2D eigenvalue weighted by Crippen LogP contribution is 2.68. The summed E-state index contributed by atoms with van der Waals surface area (Å²) in [5.41, 5.74) is -0.936. The van der Waals surface area contributed by atoms with Gasteiger partial charge in [-0.05, 0) is 65.4 Å². The molecule has 2 aliphatic carbocycles. The number of hydrogen-bond donors (Lipinski definition) is 2. The van der Waals surface area contributed by atoms with Gasteiger partial charge in [0.2, 0.25) is 15.9 Å². The van der Waals surface area contributed by atoms with Crippen LogP contribution in [0.2, 0.25) is 5.02 Å². The lowest BCUT2D eigenvalue weighted by Gasteiger charge is -2.24. The number of amides is 1. The Morgan fingerprint density at radius 1 is 0.984 bits per heavy atom. The molecule has 314 valence electrons. The van der Waals surface area contributed by atoms with Crippen LogP contribution in [-0.4, -0.2) is 49.7 Å². The number of alkyl halides is 4. The Morgan fingerprint density at radius 3 is 2.39 bits per heavy atom. The number of carbonyl (C=O) groups excluding carboxylic acids is 1. The van der Waals surface area contributed by atoms with Crippen LogP contribution in [-0.2, 0) is 40.8 Å². The SMILES string of the molecule is Cn1nc(NS(C)(=O)=O)c2c(Cl)ccc(-n3c([C@H](Cc4cc(F)cc(F)c4)NC(=O)Cn4nc(C(F)F)c5c4C(F)(F)[C@@H]4C[C@H]54)nc4cc(-c5ccccc5)ccc4c3=O)c21. The average molecular weight is 881 g/mol. The van der Waals surface area contributed by atoms with Crippen molar-refractivity contribution in [2.75, 3.05) is 11.0 Å². The zero-order valence-corrected chi connectivity index (χ0v) is 33.4. The van der Waals surface area contributed by atoms with E-state index in [1.165, 1.54) is 23.9 Å². The number of fused-ring (bicyclic) bond motifs is 5. The minimum absolute atomic E-state index is 0.00146. The molecule has 7 aromatic rings. The summed E-state index contributed by atoms with van der Waals surface area (Å²) in [4.78, 5) is 34.0. The van der Waals surface area contributed by atoms with Gasteiger partial charge in [-0.25, -0.2) is 31.0 Å². The molecule has 9 rings (SSSR count). The summed E-state index contributed by atoms with van der Waals surface area (Å²) in [5.74, 6) is -8.94. The molecule has 3 heterocycles. The van der Waals surface area contributed by atoms with Crippen molar-refractivity contribution in [2.45, 2.75) is 43.7 Å². The summed E-state index contributed by atoms with van der Waals surface area (Å²) < 4.78 is 119. The minimum atomic E-state index is -3.90. The Balaban J connectivity index is 1.26. The van der Waals surface area contributed by atoms with Crippen LogP contribution in [0.1, 0.15) is 53.1 Å². The molecule has 4 aromatic carbocycles. The quantitative estimate of drug-likeness (QED) is 0.127. The van der Waals surface area contributed by atoms with Crippen LogP contribution in [0.15, 0.2) is 83.7 Å². The third kappa shape index (κ3) is 7.08. The van der Waals surface area contributed by atoms with E-state index >= 15 is 8.78 Å². The third-order valence-electron chi connectivity index (χ3n) is 10.9. The molecule has 1 saturated carbocycles. The molecular formula is C41H31ClF6N8O4S. The number of anilines is 1. The summed E-state index contributed by atoms with van der Waals surface area (Å²) in [7, 11) is -2.44. The van der Waals surface area contributed by atoms with E-state index in [1.54, 1.807) is 18.2 Å². The number of benzene rings is 4. The van der Waals surface area contributed by atoms with Crippen LogP contribution in [0, 0.1) is 17.6 Å². The van der Waals surface area contributed by atoms with E-state index in [4.69, 9.17) is 16.6 Å². The van der Waals surface area contributed by atoms with Gasteiger partial charge in [-0.3, -0.25) is 28.2 Å². The van der Waals surface area contributed by atoms with Gasteiger partial charge < -0.3 is 5.32 Å². The molecule has 1 amide bonds. The van der Waals surface area contributed by atoms with Gasteiger partial charge in [0.05, 0.1) is 44.8 Å². The van der Waals surface area contributed by atoms with Gasteiger partial charge >= 0.3 is 0 Å². The van der Waals surface area contributed by atoms with E-state index in [0.29, 0.717) is 16.3 Å². The van der Waals surface area contributed by atoms with Crippen LogP contribution in [0.25, 0.3) is 38.6 Å². The van der Waals surface area contributed by atoms with Crippen LogP contribution >= 0.6 is 11.6 Å². The average Bonchev–Trinajstić information content (AvgIpc) is 3.73. The topological polar surface area (TPSA) is 146 Å². The molecular weight excluding hydrogens is 850 g/mol. The molecule has 2 aliphatic rings. The van der Waals surface area contributed by atoms with E-state index in [9.17, 15) is 35.6 Å². The molecule has 0 unspecified atom stereocenters. The first kappa shape index (κ1) is 40.2. The Bertz CT molecular complexity index is 3120. The fraction of sp³-hybridized carbons (Fsp3) is 0.244. The predicted molar refractivity (Wildman–Crippen MR) is 213 cm³/mol. The van der Waals surface area contributed by atoms with Crippen molar-refractivity contribution in [3.8, 4) is 16.8 Å². The van der Waals surface area contributed by atoms with Crippen LogP contribution in [0.5, 0.6) is 0 Å². The van der Waals surface area contributed by atoms with Crippen molar-refractivity contribution in [2.24, 2.45) is 13.0 Å². The molecule has 2 N–H and O–H groups in total. The lowest BCUT2D eigenvalue weighted by Crippen LogP contribution is -2.38. The van der Waals surface area contributed by atoms with Crippen molar-refractivity contribution < 1.29 is 39.6 Å². The standard InChI is InChI=1S/C41H31ClF6N8O4S/c1-54-35-30(11-10-27(42)33(35)38(52-54)53-61(2,59)60)56-39(50-28-15-21(8-9-24(28)40(56)58)20-6-4-3-5-7-20)29(14-19-12-22(43)16-23(44)13-19)49-31(57)18-55-36-32(34(51-55)37(45)46)25-17-26(25)41(36,47)48/h3-13,15-16,25-26,29,37H,14,17-18H2,1-2H3,(H,49,57)(H,52,53)/t25-,26+,29-/m0/s1. The second kappa shape index (κ2) is 14.5. The number of aryl methyl sites for hydroxylation is 1. The molecule has 61 heavy (non-hydrogen) atoms. The molecule has 0 saturated heterocycles. The molecule has 0 radical (unpaired) electrons. The first-order chi connectivity index (χ1) is 28.9. The number of nitrogens with zero attached hydrogens (tertiary/aromatic N) is 6. The highest BCUT2D eigenvalue weighted by Gasteiger charge is 2.67. The zero-order chi connectivity index (χ0) is 43.3. The fourth-order valence-electron chi connectivity index (χ4n) is 8.39. The van der Waals surface area contributed by atoms with Gasteiger partial charge in [0.1, 0.15) is 35.4 Å². The summed E-state index contributed by atoms with van der Waals surface area (Å²) in [6.07, 6.45) is -2.73. The second-order valence-corrected chi connectivity index (χ2v) is 17.3. The van der Waals surface area contributed by atoms with Crippen molar-refractivity contribution >= 4 is 55.2 Å². The summed E-state index contributed by atoms with van der Waals surface area (Å²) in [6.45, 7) is -0.971. The van der Waals surface area contributed by atoms with E-state index in [0.717, 1.165) is 28.5 Å². The molecule has 3 aromatic heterocycles. The van der Waals surface area contributed by atoms with Gasteiger partial charge in [0, 0.05) is 31.0 Å². The van der Waals surface area contributed by atoms with Gasteiger partial charge in [0.25, 0.3) is 17.9 Å². The molecule has 1 fully saturated rings. The number of carbonyl (C=O) groups is 1. The van der Waals surface area contributed by atoms with E-state index in [-0.39, 0.29) is 61.7 Å². The Hall–Kier alpha value is -6.21. The molecule has 0 aliphatic heterocycles.